The number of nitrogens with zero attached hydrogens (tertiary/aromatic N) is 1. The summed E-state index contributed by atoms with van der Waals surface area (Å²) in [5, 5.41) is 15.7. The van der Waals surface area contributed by atoms with E-state index in [1.165, 1.54) is 0 Å². The Kier molecular flexibility index (Phi) is 1.94. The van der Waals surface area contributed by atoms with Crippen molar-refractivity contribution in [3.05, 3.63) is 29.5 Å². The first-order chi connectivity index (χ1) is 6.72. The smallest absolute Gasteiger partial charge is 0.288 e. The van der Waals surface area contributed by atoms with Gasteiger partial charge in [-0.2, -0.15) is 5.10 Å². The molecule has 2 rings (SSSR count). The van der Waals surface area contributed by atoms with Gasteiger partial charge in [-0.3, -0.25) is 15.1 Å². The maximum Gasteiger partial charge on any atom is 0.295 e. The fourth-order valence-corrected chi connectivity index (χ4v) is 1.35. The zero-order chi connectivity index (χ0) is 10.1. The molecule has 0 spiro atoms. The fourth-order valence-electron chi connectivity index (χ4n) is 1.35. The highest BCUT2D eigenvalue weighted by molar-refractivity contribution is 6.04. The molecule has 0 radical (unpaired) electrons. The molecule has 0 fully saturated rings. The van der Waals surface area contributed by atoms with Crippen molar-refractivity contribution in [1.29, 1.82) is 0 Å². The number of H-pyrrole nitrogens is 1. The molecule has 0 aliphatic heterocycles. The summed E-state index contributed by atoms with van der Waals surface area (Å²) < 4.78 is 0. The van der Waals surface area contributed by atoms with Gasteiger partial charge in [0.05, 0.1) is 5.52 Å². The van der Waals surface area contributed by atoms with E-state index < -0.39 is 5.91 Å². The van der Waals surface area contributed by atoms with Crippen molar-refractivity contribution in [2.45, 2.75) is 6.92 Å². The van der Waals surface area contributed by atoms with Gasteiger partial charge in [0, 0.05) is 5.39 Å². The van der Waals surface area contributed by atoms with Crippen molar-refractivity contribution in [2.24, 2.45) is 0 Å². The van der Waals surface area contributed by atoms with Gasteiger partial charge >= 0.3 is 0 Å². The van der Waals surface area contributed by atoms with E-state index in [1.807, 2.05) is 25.1 Å². The molecule has 0 unspecified atom stereocenters. The summed E-state index contributed by atoms with van der Waals surface area (Å²) in [5.74, 6) is -0.609. The maximum atomic E-state index is 11.2. The number of aryl methyl sites for hydroxylation is 1. The molecule has 5 nitrogen and oxygen atoms in total. The number of nitrogens with one attached hydrogen (secondary N) is 2. The SMILES string of the molecule is Cc1ccc2[nH]nc(C(=O)NO)c2c1. The van der Waals surface area contributed by atoms with E-state index in [4.69, 9.17) is 5.21 Å². The highest BCUT2D eigenvalue weighted by atomic mass is 16.5. The zero-order valence-corrected chi connectivity index (χ0v) is 7.53. The summed E-state index contributed by atoms with van der Waals surface area (Å²) >= 11 is 0. The van der Waals surface area contributed by atoms with E-state index in [2.05, 4.69) is 10.2 Å². The number of hydrogen-bond donors (Lipinski definition) is 3. The minimum Gasteiger partial charge on any atom is -0.288 e. The molecule has 72 valence electrons. The zero-order valence-electron chi connectivity index (χ0n) is 7.53. The van der Waals surface area contributed by atoms with E-state index in [1.54, 1.807) is 5.48 Å². The van der Waals surface area contributed by atoms with Crippen molar-refractivity contribution in [1.82, 2.24) is 15.7 Å². The largest absolute Gasteiger partial charge is 0.295 e. The second-order valence-corrected chi connectivity index (χ2v) is 3.06. The van der Waals surface area contributed by atoms with Gasteiger partial charge < -0.3 is 0 Å². The monoisotopic (exact) mass is 191 g/mol. The number of rotatable bonds is 1. The van der Waals surface area contributed by atoms with Crippen molar-refractivity contribution in [3.8, 4) is 0 Å². The predicted octanol–water partition coefficient (Wildman–Crippen LogP) is 0.990. The second kappa shape index (κ2) is 3.12. The predicted molar refractivity (Wildman–Crippen MR) is 50.1 cm³/mol. The summed E-state index contributed by atoms with van der Waals surface area (Å²) in [4.78, 5) is 11.2. The molecule has 3 N–H and O–H groups in total. The van der Waals surface area contributed by atoms with Gasteiger partial charge in [0.15, 0.2) is 5.69 Å². The molecule has 1 aromatic carbocycles. The molecule has 14 heavy (non-hydrogen) atoms. The van der Waals surface area contributed by atoms with E-state index in [0.29, 0.717) is 5.39 Å². The average molecular weight is 191 g/mol. The highest BCUT2D eigenvalue weighted by Crippen LogP contribution is 2.16. The van der Waals surface area contributed by atoms with Crippen molar-refractivity contribution >= 4 is 16.8 Å². The lowest BCUT2D eigenvalue weighted by atomic mass is 10.1. The van der Waals surface area contributed by atoms with Crippen LogP contribution in [0.1, 0.15) is 16.1 Å². The van der Waals surface area contributed by atoms with E-state index in [0.717, 1.165) is 11.1 Å². The number of amides is 1. The van der Waals surface area contributed by atoms with Gasteiger partial charge in [-0.25, -0.2) is 5.48 Å². The lowest BCUT2D eigenvalue weighted by Gasteiger charge is -1.95. The van der Waals surface area contributed by atoms with Gasteiger partial charge in [0.25, 0.3) is 5.91 Å². The molecule has 0 saturated heterocycles. The van der Waals surface area contributed by atoms with Crippen LogP contribution in [0.2, 0.25) is 0 Å². The third-order valence-corrected chi connectivity index (χ3v) is 2.03. The molecule has 0 bridgehead atoms. The number of aromatic amines is 1. The first kappa shape index (κ1) is 8.71. The quantitative estimate of drug-likeness (QED) is 0.464. The third-order valence-electron chi connectivity index (χ3n) is 2.03. The highest BCUT2D eigenvalue weighted by Gasteiger charge is 2.12. The summed E-state index contributed by atoms with van der Waals surface area (Å²) in [6, 6.07) is 5.59. The van der Waals surface area contributed by atoms with Crippen LogP contribution in [-0.4, -0.2) is 21.3 Å². The van der Waals surface area contributed by atoms with Crippen LogP contribution in [0.3, 0.4) is 0 Å². The summed E-state index contributed by atoms with van der Waals surface area (Å²) in [7, 11) is 0. The minimum atomic E-state index is -0.609. The molecule has 5 heteroatoms. The molecule has 1 aromatic heterocycles. The number of aromatic nitrogens is 2. The molecule has 0 aliphatic rings. The number of benzene rings is 1. The number of hydrogen-bond acceptors (Lipinski definition) is 3. The number of fused-ring (bicyclic) bond motifs is 1. The van der Waals surface area contributed by atoms with Crippen LogP contribution in [0.5, 0.6) is 0 Å². The first-order valence-electron chi connectivity index (χ1n) is 4.11. The lowest BCUT2D eigenvalue weighted by molar-refractivity contribution is 0.0702. The Bertz CT molecular complexity index is 490. The summed E-state index contributed by atoms with van der Waals surface area (Å²) in [6.07, 6.45) is 0. The van der Waals surface area contributed by atoms with Gasteiger partial charge in [-0.15, -0.1) is 0 Å². The number of carbonyl (C=O) groups is 1. The first-order valence-corrected chi connectivity index (χ1v) is 4.11. The van der Waals surface area contributed by atoms with Gasteiger partial charge in [-0.1, -0.05) is 11.6 Å². The molecular formula is C9H9N3O2. The minimum absolute atomic E-state index is 0.200. The molecule has 2 aromatic rings. The van der Waals surface area contributed by atoms with Crippen molar-refractivity contribution < 1.29 is 10.0 Å². The van der Waals surface area contributed by atoms with E-state index in [-0.39, 0.29) is 5.69 Å². The Labute approximate surface area is 79.7 Å². The van der Waals surface area contributed by atoms with Crippen LogP contribution in [0.25, 0.3) is 10.9 Å². The number of hydroxylamine groups is 1. The molecule has 0 aliphatic carbocycles. The van der Waals surface area contributed by atoms with Crippen LogP contribution in [0, 0.1) is 6.92 Å². The fraction of sp³-hybridized carbons (Fsp3) is 0.111. The van der Waals surface area contributed by atoms with Crippen molar-refractivity contribution in [2.75, 3.05) is 0 Å². The van der Waals surface area contributed by atoms with Crippen LogP contribution in [-0.2, 0) is 0 Å². The molecule has 0 saturated carbocycles. The Hall–Kier alpha value is -1.88. The van der Waals surface area contributed by atoms with Gasteiger partial charge in [0.1, 0.15) is 0 Å². The standard InChI is InChI=1S/C9H9N3O2/c1-5-2-3-7-6(4-5)8(11-10-7)9(13)12-14/h2-4,14H,1H3,(H,10,11)(H,12,13). The van der Waals surface area contributed by atoms with Crippen LogP contribution in [0.4, 0.5) is 0 Å². The summed E-state index contributed by atoms with van der Waals surface area (Å²) in [6.45, 7) is 1.92. The normalized spacial score (nSPS) is 10.4. The van der Waals surface area contributed by atoms with Crippen LogP contribution >= 0.6 is 0 Å². The van der Waals surface area contributed by atoms with Crippen molar-refractivity contribution in [3.63, 3.8) is 0 Å². The third kappa shape index (κ3) is 1.23. The maximum absolute atomic E-state index is 11.2. The average Bonchev–Trinajstić information content (AvgIpc) is 2.59. The molecule has 1 heterocycles. The Morgan fingerprint density at radius 2 is 2.36 bits per heavy atom. The van der Waals surface area contributed by atoms with Gasteiger partial charge in [-0.05, 0) is 19.1 Å². The summed E-state index contributed by atoms with van der Waals surface area (Å²) in [5.41, 5.74) is 3.56. The topological polar surface area (TPSA) is 78.0 Å². The van der Waals surface area contributed by atoms with Crippen LogP contribution < -0.4 is 5.48 Å². The number of carbonyl (C=O) groups excluding carboxylic acids is 1. The Balaban J connectivity index is 2.67. The molecule has 0 atom stereocenters. The van der Waals surface area contributed by atoms with Gasteiger partial charge in [0.2, 0.25) is 0 Å². The Morgan fingerprint density at radius 1 is 1.57 bits per heavy atom. The molecular weight excluding hydrogens is 182 g/mol. The van der Waals surface area contributed by atoms with Crippen LogP contribution in [0.15, 0.2) is 18.2 Å². The lowest BCUT2D eigenvalue weighted by Crippen LogP contribution is -2.19. The molecule has 1 amide bonds. The second-order valence-electron chi connectivity index (χ2n) is 3.06. The van der Waals surface area contributed by atoms with E-state index in [9.17, 15) is 4.79 Å². The Morgan fingerprint density at radius 3 is 3.07 bits per heavy atom. The van der Waals surface area contributed by atoms with E-state index >= 15 is 0 Å².